The third-order valence-electron chi connectivity index (χ3n) is 1.98. The number of nitrogens with zero attached hydrogens (tertiary/aromatic N) is 3. The first-order valence-electron chi connectivity index (χ1n) is 4.96. The molecule has 0 amide bonds. The van der Waals surface area contributed by atoms with E-state index in [4.69, 9.17) is 22.2 Å². The average molecular weight is 287 g/mol. The molecule has 4 N–H and O–H groups in total. The van der Waals surface area contributed by atoms with Crippen LogP contribution in [0.2, 0.25) is 4.34 Å². The minimum Gasteiger partial charge on any atom is -0.467 e. The molecule has 0 aliphatic carbocycles. The zero-order chi connectivity index (χ0) is 13.0. The molecule has 0 aliphatic heterocycles. The number of anilines is 2. The van der Waals surface area contributed by atoms with E-state index in [2.05, 4.69) is 25.7 Å². The fourth-order valence-electron chi connectivity index (χ4n) is 1.20. The molecule has 7 nitrogen and oxygen atoms in total. The number of methoxy groups -OCH3 is 1. The third kappa shape index (κ3) is 3.19. The van der Waals surface area contributed by atoms with Gasteiger partial charge in [0.25, 0.3) is 0 Å². The van der Waals surface area contributed by atoms with Gasteiger partial charge in [0.05, 0.1) is 18.0 Å². The summed E-state index contributed by atoms with van der Waals surface area (Å²) in [5.74, 6) is 5.86. The number of halogens is 1. The Morgan fingerprint density at radius 3 is 2.72 bits per heavy atom. The van der Waals surface area contributed by atoms with E-state index in [0.29, 0.717) is 12.5 Å². The Balaban J connectivity index is 2.08. The van der Waals surface area contributed by atoms with Crippen LogP contribution in [-0.4, -0.2) is 22.1 Å². The fourth-order valence-corrected chi connectivity index (χ4v) is 2.23. The number of nitrogens with two attached hydrogens (primary N) is 1. The van der Waals surface area contributed by atoms with Crippen molar-refractivity contribution in [1.29, 1.82) is 0 Å². The second-order valence-corrected chi connectivity index (χ2v) is 4.97. The largest absolute Gasteiger partial charge is 0.467 e. The molecule has 0 saturated carbocycles. The van der Waals surface area contributed by atoms with E-state index < -0.39 is 0 Å². The van der Waals surface area contributed by atoms with Crippen molar-refractivity contribution < 1.29 is 4.74 Å². The van der Waals surface area contributed by atoms with Gasteiger partial charge in [-0.05, 0) is 12.1 Å². The summed E-state index contributed by atoms with van der Waals surface area (Å²) in [5.41, 5.74) is 2.34. The van der Waals surface area contributed by atoms with Gasteiger partial charge in [-0.1, -0.05) is 11.6 Å². The minimum absolute atomic E-state index is 0.185. The lowest BCUT2D eigenvalue weighted by molar-refractivity contribution is 0.379. The molecular formula is C9H11ClN6OS. The van der Waals surface area contributed by atoms with Crippen molar-refractivity contribution in [2.75, 3.05) is 17.9 Å². The second-order valence-electron chi connectivity index (χ2n) is 3.17. The Morgan fingerprint density at radius 1 is 1.33 bits per heavy atom. The topological polar surface area (TPSA) is 98.0 Å². The van der Waals surface area contributed by atoms with Crippen LogP contribution >= 0.6 is 22.9 Å². The maximum atomic E-state index is 5.84. The fraction of sp³-hybridized carbons (Fsp3) is 0.222. The molecule has 0 aromatic carbocycles. The van der Waals surface area contributed by atoms with Crippen LogP contribution in [0.1, 0.15) is 4.88 Å². The Morgan fingerprint density at radius 2 is 2.11 bits per heavy atom. The monoisotopic (exact) mass is 286 g/mol. The first-order chi connectivity index (χ1) is 8.71. The highest BCUT2D eigenvalue weighted by Gasteiger charge is 2.06. The number of nitrogen functional groups attached to an aromatic ring is 1. The molecule has 0 saturated heterocycles. The van der Waals surface area contributed by atoms with Crippen LogP contribution in [0.5, 0.6) is 6.01 Å². The summed E-state index contributed by atoms with van der Waals surface area (Å²) in [6, 6.07) is 3.95. The van der Waals surface area contributed by atoms with Crippen molar-refractivity contribution in [3.63, 3.8) is 0 Å². The Bertz CT molecular complexity index is 511. The lowest BCUT2D eigenvalue weighted by Crippen LogP contribution is -2.13. The molecule has 0 fully saturated rings. The molecule has 0 atom stereocenters. The van der Waals surface area contributed by atoms with Gasteiger partial charge in [-0.3, -0.25) is 5.43 Å². The van der Waals surface area contributed by atoms with E-state index in [-0.39, 0.29) is 12.0 Å². The summed E-state index contributed by atoms with van der Waals surface area (Å²) >= 11 is 7.33. The number of ether oxygens (including phenoxy) is 1. The number of rotatable bonds is 5. The SMILES string of the molecule is COc1nc(NN)nc(NCc2ccc(Cl)s2)n1. The molecule has 2 aromatic rings. The quantitative estimate of drug-likeness (QED) is 0.566. The van der Waals surface area contributed by atoms with Crippen molar-refractivity contribution in [1.82, 2.24) is 15.0 Å². The molecular weight excluding hydrogens is 276 g/mol. The van der Waals surface area contributed by atoms with Gasteiger partial charge in [0.15, 0.2) is 0 Å². The highest BCUT2D eigenvalue weighted by atomic mass is 35.5. The highest BCUT2D eigenvalue weighted by molar-refractivity contribution is 7.16. The van der Waals surface area contributed by atoms with E-state index in [0.717, 1.165) is 9.21 Å². The molecule has 0 spiro atoms. The van der Waals surface area contributed by atoms with Crippen molar-refractivity contribution in [2.24, 2.45) is 5.84 Å². The molecule has 0 bridgehead atoms. The number of thiophene rings is 1. The summed E-state index contributed by atoms with van der Waals surface area (Å²) < 4.78 is 5.68. The minimum atomic E-state index is 0.185. The van der Waals surface area contributed by atoms with Crippen molar-refractivity contribution >= 4 is 34.8 Å². The van der Waals surface area contributed by atoms with Gasteiger partial charge in [0.2, 0.25) is 11.9 Å². The summed E-state index contributed by atoms with van der Waals surface area (Å²) in [7, 11) is 1.47. The van der Waals surface area contributed by atoms with E-state index in [1.54, 1.807) is 0 Å². The zero-order valence-corrected chi connectivity index (χ0v) is 11.0. The first-order valence-corrected chi connectivity index (χ1v) is 6.15. The number of hydrogen-bond acceptors (Lipinski definition) is 8. The van der Waals surface area contributed by atoms with Crippen LogP contribution in [0.15, 0.2) is 12.1 Å². The van der Waals surface area contributed by atoms with E-state index in [1.807, 2.05) is 12.1 Å². The van der Waals surface area contributed by atoms with Gasteiger partial charge in [-0.15, -0.1) is 11.3 Å². The lowest BCUT2D eigenvalue weighted by Gasteiger charge is -2.06. The lowest BCUT2D eigenvalue weighted by atomic mass is 10.5. The predicted molar refractivity (Wildman–Crippen MR) is 70.8 cm³/mol. The normalized spacial score (nSPS) is 10.2. The number of hydrogen-bond donors (Lipinski definition) is 3. The highest BCUT2D eigenvalue weighted by Crippen LogP contribution is 2.22. The van der Waals surface area contributed by atoms with Gasteiger partial charge in [0, 0.05) is 4.88 Å². The van der Waals surface area contributed by atoms with Gasteiger partial charge in [0.1, 0.15) is 0 Å². The maximum Gasteiger partial charge on any atom is 0.322 e. The van der Waals surface area contributed by atoms with Crippen LogP contribution in [-0.2, 0) is 6.54 Å². The summed E-state index contributed by atoms with van der Waals surface area (Å²) in [4.78, 5) is 13.0. The number of aromatic nitrogens is 3. The Kier molecular flexibility index (Phi) is 4.13. The van der Waals surface area contributed by atoms with Gasteiger partial charge in [-0.25, -0.2) is 5.84 Å². The molecule has 0 aliphatic rings. The van der Waals surface area contributed by atoms with Crippen LogP contribution in [0.4, 0.5) is 11.9 Å². The summed E-state index contributed by atoms with van der Waals surface area (Å²) in [5, 5.41) is 3.04. The van der Waals surface area contributed by atoms with Crippen molar-refractivity contribution in [2.45, 2.75) is 6.54 Å². The number of hydrazine groups is 1. The first kappa shape index (κ1) is 12.8. The summed E-state index contributed by atoms with van der Waals surface area (Å²) in [6.07, 6.45) is 0. The predicted octanol–water partition coefficient (Wildman–Crippen LogP) is 1.49. The molecule has 0 unspecified atom stereocenters. The van der Waals surface area contributed by atoms with Crippen LogP contribution in [0, 0.1) is 0 Å². The third-order valence-corrected chi connectivity index (χ3v) is 3.21. The molecule has 9 heteroatoms. The molecule has 96 valence electrons. The average Bonchev–Trinajstić information content (AvgIpc) is 2.81. The smallest absolute Gasteiger partial charge is 0.322 e. The van der Waals surface area contributed by atoms with Gasteiger partial charge >= 0.3 is 6.01 Å². The Labute approximate surface area is 112 Å². The molecule has 0 radical (unpaired) electrons. The van der Waals surface area contributed by atoms with Crippen LogP contribution in [0.3, 0.4) is 0 Å². The van der Waals surface area contributed by atoms with Gasteiger partial charge < -0.3 is 10.1 Å². The van der Waals surface area contributed by atoms with Crippen molar-refractivity contribution in [3.05, 3.63) is 21.3 Å². The standard InChI is InChI=1S/C9H11ClN6OS/c1-17-9-14-7(13-8(15-9)16-11)12-4-5-2-3-6(10)18-5/h2-3H,4,11H2,1H3,(H2,12,13,14,15,16). The van der Waals surface area contributed by atoms with Gasteiger partial charge in [-0.2, -0.15) is 15.0 Å². The molecule has 2 heterocycles. The van der Waals surface area contributed by atoms with E-state index >= 15 is 0 Å². The number of nitrogens with one attached hydrogen (secondary N) is 2. The van der Waals surface area contributed by atoms with E-state index in [9.17, 15) is 0 Å². The van der Waals surface area contributed by atoms with Crippen LogP contribution < -0.4 is 21.3 Å². The van der Waals surface area contributed by atoms with Crippen molar-refractivity contribution in [3.8, 4) is 6.01 Å². The molecule has 2 aromatic heterocycles. The maximum absolute atomic E-state index is 5.84. The molecule has 18 heavy (non-hydrogen) atoms. The van der Waals surface area contributed by atoms with E-state index in [1.165, 1.54) is 18.4 Å². The second kappa shape index (κ2) is 5.80. The van der Waals surface area contributed by atoms with Crippen LogP contribution in [0.25, 0.3) is 0 Å². The Hall–Kier alpha value is -1.64. The molecule has 2 rings (SSSR count). The summed E-state index contributed by atoms with van der Waals surface area (Å²) in [6.45, 7) is 0.564. The zero-order valence-electron chi connectivity index (χ0n) is 9.48.